The predicted molar refractivity (Wildman–Crippen MR) is 42.9 cm³/mol. The maximum atomic E-state index is 13.2. The Morgan fingerprint density at radius 2 is 1.77 bits per heavy atom. The van der Waals surface area contributed by atoms with Crippen LogP contribution in [0.5, 0.6) is 0 Å². The Labute approximate surface area is 74.9 Å². The summed E-state index contributed by atoms with van der Waals surface area (Å²) in [5.74, 6) is -5.85. The van der Waals surface area contributed by atoms with Gasteiger partial charge in [0.25, 0.3) is 5.92 Å². The normalized spacial score (nSPS) is 30.2. The fraction of sp³-hybridized carbons (Fsp3) is 0.875. The molecule has 76 valence electrons. The molecule has 1 rings (SSSR count). The van der Waals surface area contributed by atoms with Crippen molar-refractivity contribution >= 4 is 5.71 Å². The third-order valence-electron chi connectivity index (χ3n) is 2.90. The maximum absolute atomic E-state index is 13.2. The molecule has 0 radical (unpaired) electrons. The van der Waals surface area contributed by atoms with Gasteiger partial charge < -0.3 is 15.6 Å². The van der Waals surface area contributed by atoms with Crippen LogP contribution >= 0.6 is 0 Å². The largest absolute Gasteiger partial charge is 0.360 e. The highest BCUT2D eigenvalue weighted by Gasteiger charge is 2.63. The third kappa shape index (κ3) is 1.18. The van der Waals surface area contributed by atoms with E-state index in [2.05, 4.69) is 0 Å². The van der Waals surface area contributed by atoms with Gasteiger partial charge in [-0.15, -0.1) is 0 Å². The van der Waals surface area contributed by atoms with Gasteiger partial charge in [0.15, 0.2) is 0 Å². The van der Waals surface area contributed by atoms with Crippen LogP contribution in [0, 0.1) is 10.8 Å². The lowest BCUT2D eigenvalue weighted by Crippen LogP contribution is -2.62. The van der Waals surface area contributed by atoms with Crippen molar-refractivity contribution in [3.8, 4) is 0 Å². The monoisotopic (exact) mass is 193 g/mol. The van der Waals surface area contributed by atoms with Crippen LogP contribution in [0.2, 0.25) is 0 Å². The minimum atomic E-state index is -3.15. The topological polar surface area (TPSA) is 64.3 Å². The van der Waals surface area contributed by atoms with Crippen LogP contribution in [0.25, 0.3) is 0 Å². The standard InChI is InChI=1S/C8H13F2NO2/c1-6(2)7(9,10)4-3-5(11)8(6,12)13/h11-13H,3-4H2,1-2H3. The summed E-state index contributed by atoms with van der Waals surface area (Å²) in [6, 6.07) is 0. The van der Waals surface area contributed by atoms with Gasteiger partial charge in [-0.3, -0.25) is 0 Å². The van der Waals surface area contributed by atoms with Crippen LogP contribution in [0.3, 0.4) is 0 Å². The van der Waals surface area contributed by atoms with Crippen molar-refractivity contribution in [1.82, 2.24) is 0 Å². The first-order valence-corrected chi connectivity index (χ1v) is 4.03. The van der Waals surface area contributed by atoms with Gasteiger partial charge in [0.05, 0.1) is 11.1 Å². The van der Waals surface area contributed by atoms with Crippen LogP contribution in [0.15, 0.2) is 0 Å². The van der Waals surface area contributed by atoms with Crippen molar-refractivity contribution < 1.29 is 19.0 Å². The van der Waals surface area contributed by atoms with E-state index in [1.807, 2.05) is 0 Å². The van der Waals surface area contributed by atoms with E-state index in [0.29, 0.717) is 0 Å². The van der Waals surface area contributed by atoms with Gasteiger partial charge in [0, 0.05) is 6.42 Å². The summed E-state index contributed by atoms with van der Waals surface area (Å²) >= 11 is 0. The van der Waals surface area contributed by atoms with E-state index in [4.69, 9.17) is 5.41 Å². The summed E-state index contributed by atoms with van der Waals surface area (Å²) in [4.78, 5) is 0. The highest BCUT2D eigenvalue weighted by atomic mass is 19.3. The minimum absolute atomic E-state index is 0.274. The van der Waals surface area contributed by atoms with Crippen molar-refractivity contribution in [3.63, 3.8) is 0 Å². The molecule has 0 bridgehead atoms. The summed E-state index contributed by atoms with van der Waals surface area (Å²) in [6.07, 6.45) is -0.773. The van der Waals surface area contributed by atoms with E-state index in [1.165, 1.54) is 0 Å². The molecule has 0 saturated heterocycles. The molecule has 0 aromatic heterocycles. The molecule has 1 fully saturated rings. The second-order valence-electron chi connectivity index (χ2n) is 3.98. The Bertz CT molecular complexity index is 249. The van der Waals surface area contributed by atoms with E-state index in [1.54, 1.807) is 0 Å². The molecule has 0 aromatic rings. The van der Waals surface area contributed by atoms with Gasteiger partial charge in [-0.25, -0.2) is 8.78 Å². The van der Waals surface area contributed by atoms with Crippen LogP contribution in [0.4, 0.5) is 8.78 Å². The van der Waals surface area contributed by atoms with Crippen LogP contribution < -0.4 is 0 Å². The highest BCUT2D eigenvalue weighted by Crippen LogP contribution is 2.50. The van der Waals surface area contributed by atoms with E-state index in [9.17, 15) is 19.0 Å². The number of halogens is 2. The zero-order valence-electron chi connectivity index (χ0n) is 7.56. The van der Waals surface area contributed by atoms with Crippen molar-refractivity contribution in [1.29, 1.82) is 5.41 Å². The van der Waals surface area contributed by atoms with Crippen molar-refractivity contribution in [2.45, 2.75) is 38.4 Å². The Kier molecular flexibility index (Phi) is 2.01. The molecular weight excluding hydrogens is 180 g/mol. The number of alkyl halides is 2. The van der Waals surface area contributed by atoms with E-state index < -0.39 is 29.3 Å². The van der Waals surface area contributed by atoms with Gasteiger partial charge in [-0.1, -0.05) is 0 Å². The Morgan fingerprint density at radius 3 is 2.15 bits per heavy atom. The second kappa shape index (κ2) is 2.48. The molecule has 0 heterocycles. The van der Waals surface area contributed by atoms with E-state index in [-0.39, 0.29) is 6.42 Å². The summed E-state index contributed by atoms with van der Waals surface area (Å²) in [7, 11) is 0. The summed E-state index contributed by atoms with van der Waals surface area (Å²) < 4.78 is 26.5. The quantitative estimate of drug-likeness (QED) is 0.505. The highest BCUT2D eigenvalue weighted by molar-refractivity contribution is 5.90. The van der Waals surface area contributed by atoms with Crippen LogP contribution in [0.1, 0.15) is 26.7 Å². The lowest BCUT2D eigenvalue weighted by atomic mass is 9.68. The molecule has 0 aliphatic heterocycles. The molecule has 13 heavy (non-hydrogen) atoms. The molecule has 0 spiro atoms. The van der Waals surface area contributed by atoms with Crippen molar-refractivity contribution in [3.05, 3.63) is 0 Å². The molecule has 3 N–H and O–H groups in total. The first kappa shape index (κ1) is 10.5. The smallest absolute Gasteiger partial charge is 0.259 e. The van der Waals surface area contributed by atoms with Gasteiger partial charge in [-0.05, 0) is 20.3 Å². The SMILES string of the molecule is CC1(C)C(F)(F)CCC(=N)C1(O)O. The first-order chi connectivity index (χ1) is 5.63. The average molecular weight is 193 g/mol. The summed E-state index contributed by atoms with van der Waals surface area (Å²) in [6.45, 7) is 2.11. The van der Waals surface area contributed by atoms with Crippen molar-refractivity contribution in [2.75, 3.05) is 0 Å². The number of nitrogens with one attached hydrogen (secondary N) is 1. The minimum Gasteiger partial charge on any atom is -0.360 e. The zero-order valence-corrected chi connectivity index (χ0v) is 7.56. The number of hydrogen-bond donors (Lipinski definition) is 3. The first-order valence-electron chi connectivity index (χ1n) is 4.03. The van der Waals surface area contributed by atoms with Gasteiger partial charge in [-0.2, -0.15) is 0 Å². The molecule has 0 unspecified atom stereocenters. The maximum Gasteiger partial charge on any atom is 0.259 e. The number of hydrogen-bond acceptors (Lipinski definition) is 3. The molecule has 1 aliphatic rings. The predicted octanol–water partition coefficient (Wildman–Crippen LogP) is 1.14. The Balaban J connectivity index is 3.14. The summed E-state index contributed by atoms with van der Waals surface area (Å²) in [5.41, 5.74) is -2.45. The molecule has 0 atom stereocenters. The average Bonchev–Trinajstić information content (AvgIpc) is 1.97. The lowest BCUT2D eigenvalue weighted by Gasteiger charge is -2.47. The molecule has 1 aliphatic carbocycles. The molecule has 5 heteroatoms. The zero-order chi connectivity index (χ0) is 10.5. The fourth-order valence-corrected chi connectivity index (χ4v) is 1.40. The van der Waals surface area contributed by atoms with E-state index >= 15 is 0 Å². The number of aliphatic hydroxyl groups is 2. The van der Waals surface area contributed by atoms with Gasteiger partial charge in [0.2, 0.25) is 5.79 Å². The van der Waals surface area contributed by atoms with Crippen molar-refractivity contribution in [2.24, 2.45) is 5.41 Å². The second-order valence-corrected chi connectivity index (χ2v) is 3.98. The molecule has 0 amide bonds. The number of rotatable bonds is 0. The summed E-state index contributed by atoms with van der Waals surface area (Å²) in [5, 5.41) is 25.9. The molecular formula is C8H13F2NO2. The Hall–Kier alpha value is -0.550. The molecule has 0 aromatic carbocycles. The van der Waals surface area contributed by atoms with Crippen LogP contribution in [-0.4, -0.2) is 27.6 Å². The molecule has 1 saturated carbocycles. The Morgan fingerprint density at radius 1 is 1.31 bits per heavy atom. The van der Waals surface area contributed by atoms with E-state index in [0.717, 1.165) is 13.8 Å². The third-order valence-corrected chi connectivity index (χ3v) is 2.90. The molecule has 3 nitrogen and oxygen atoms in total. The van der Waals surface area contributed by atoms with Gasteiger partial charge >= 0.3 is 0 Å². The fourth-order valence-electron chi connectivity index (χ4n) is 1.40. The van der Waals surface area contributed by atoms with Crippen LogP contribution in [-0.2, 0) is 0 Å². The lowest BCUT2D eigenvalue weighted by molar-refractivity contribution is -0.270. The van der Waals surface area contributed by atoms with Gasteiger partial charge in [0.1, 0.15) is 0 Å².